The van der Waals surface area contributed by atoms with Gasteiger partial charge in [-0.25, -0.2) is 0 Å². The van der Waals surface area contributed by atoms with Crippen molar-refractivity contribution in [3.8, 4) is 5.30 Å². The van der Waals surface area contributed by atoms with Gasteiger partial charge in [0.05, 0.1) is 0 Å². The van der Waals surface area contributed by atoms with Crippen LogP contribution >= 0.6 is 30.1 Å². The van der Waals surface area contributed by atoms with Crippen molar-refractivity contribution in [3.63, 3.8) is 0 Å². The molecule has 2 heteroatoms. The van der Waals surface area contributed by atoms with E-state index in [2.05, 4.69) is 95.4 Å². The highest BCUT2D eigenvalue weighted by atomic mass is 127. The van der Waals surface area contributed by atoms with Crippen molar-refractivity contribution in [1.82, 2.24) is 0 Å². The minimum absolute atomic E-state index is 0.388. The highest BCUT2D eigenvalue weighted by molar-refractivity contribution is 14.1. The Kier molecular flexibility index (Phi) is 3.05. The van der Waals surface area contributed by atoms with E-state index in [1.165, 1.54) is 29.9 Å². The van der Waals surface area contributed by atoms with Crippen LogP contribution in [0.1, 0.15) is 0 Å². The van der Waals surface area contributed by atoms with Crippen LogP contribution in [0.25, 0.3) is 26.3 Å². The lowest BCUT2D eigenvalue weighted by molar-refractivity contribution is 1.76. The molecule has 20 heavy (non-hydrogen) atoms. The van der Waals surface area contributed by atoms with Gasteiger partial charge in [-0.3, -0.25) is 0 Å². The zero-order valence-corrected chi connectivity index (χ0v) is 13.8. The fraction of sp³-hybridized carbons (Fsp3) is 0. The lowest BCUT2D eigenvalue weighted by atomic mass is 10.2. The molecule has 1 atom stereocenters. The van der Waals surface area contributed by atoms with E-state index in [1.54, 1.807) is 0 Å². The first-order chi connectivity index (χ1) is 9.84. The average Bonchev–Trinajstić information content (AvgIpc) is 2.82. The maximum atomic E-state index is 2.40. The van der Waals surface area contributed by atoms with Crippen molar-refractivity contribution in [1.29, 1.82) is 0 Å². The van der Waals surface area contributed by atoms with Crippen molar-refractivity contribution >= 4 is 51.1 Å². The van der Waals surface area contributed by atoms with E-state index in [9.17, 15) is 0 Å². The third-order valence-electron chi connectivity index (χ3n) is 3.65. The van der Waals surface area contributed by atoms with Gasteiger partial charge in [-0.15, -0.1) is 0 Å². The third kappa shape index (κ3) is 1.88. The third-order valence-corrected chi connectivity index (χ3v) is 6.88. The lowest BCUT2D eigenvalue weighted by Crippen LogP contribution is -1.69. The Morgan fingerprint density at radius 2 is 1.35 bits per heavy atom. The molecule has 0 amide bonds. The Morgan fingerprint density at radius 1 is 0.650 bits per heavy atom. The predicted molar refractivity (Wildman–Crippen MR) is 98.2 cm³/mol. The first-order valence-electron chi connectivity index (χ1n) is 6.59. The van der Waals surface area contributed by atoms with E-state index in [4.69, 9.17) is 0 Å². The Labute approximate surface area is 132 Å². The van der Waals surface area contributed by atoms with Gasteiger partial charge >= 0.3 is 0 Å². The second-order valence-corrected chi connectivity index (χ2v) is 8.25. The van der Waals surface area contributed by atoms with Crippen LogP contribution in [-0.4, -0.2) is 0 Å². The lowest BCUT2D eigenvalue weighted by Gasteiger charge is -2.02. The Bertz CT molecular complexity index is 907. The van der Waals surface area contributed by atoms with Crippen LogP contribution in [0, 0.1) is 3.57 Å². The molecule has 0 aliphatic rings. The highest BCUT2D eigenvalue weighted by Gasteiger charge is 2.12. The minimum Gasteiger partial charge on any atom is -0.0772 e. The molecule has 0 aliphatic carbocycles. The van der Waals surface area contributed by atoms with Crippen LogP contribution in [0.3, 0.4) is 0 Å². The smallest absolute Gasteiger partial charge is 0.0137 e. The summed E-state index contributed by atoms with van der Waals surface area (Å²) in [4.78, 5) is 0. The van der Waals surface area contributed by atoms with Gasteiger partial charge in [0.15, 0.2) is 0 Å². The molecule has 0 saturated carbocycles. The monoisotopic (exact) mass is 386 g/mol. The summed E-state index contributed by atoms with van der Waals surface area (Å²) in [6.07, 6.45) is 0. The number of hydrogen-bond acceptors (Lipinski definition) is 0. The molecule has 1 aromatic heterocycles. The van der Waals surface area contributed by atoms with Crippen LogP contribution in [0.5, 0.6) is 0 Å². The summed E-state index contributed by atoms with van der Waals surface area (Å²) in [6, 6.07) is 26.6. The van der Waals surface area contributed by atoms with Crippen LogP contribution in [0.15, 0.2) is 72.8 Å². The van der Waals surface area contributed by atoms with E-state index in [-0.39, 0.29) is 7.53 Å². The summed E-state index contributed by atoms with van der Waals surface area (Å²) < 4.78 is 1.31. The zero-order chi connectivity index (χ0) is 13.5. The largest absolute Gasteiger partial charge is 0.0772 e. The van der Waals surface area contributed by atoms with Crippen LogP contribution in [0.4, 0.5) is 0 Å². The predicted octanol–water partition coefficient (Wildman–Crippen LogP) is 6.57. The van der Waals surface area contributed by atoms with Gasteiger partial charge in [0, 0.05) is 13.8 Å². The van der Waals surface area contributed by atoms with E-state index >= 15 is 0 Å². The second kappa shape index (κ2) is 4.91. The van der Waals surface area contributed by atoms with Crippen molar-refractivity contribution in [3.05, 3.63) is 76.4 Å². The van der Waals surface area contributed by atoms with E-state index < -0.39 is 0 Å². The molecule has 1 heterocycles. The van der Waals surface area contributed by atoms with Gasteiger partial charge in [0.2, 0.25) is 0 Å². The number of hydrogen-bond donors (Lipinski definition) is 0. The maximum Gasteiger partial charge on any atom is 0.0137 e. The van der Waals surface area contributed by atoms with Crippen molar-refractivity contribution < 1.29 is 0 Å². The van der Waals surface area contributed by atoms with E-state index in [0.717, 1.165) is 0 Å². The van der Waals surface area contributed by atoms with Crippen molar-refractivity contribution in [2.24, 2.45) is 0 Å². The fourth-order valence-electron chi connectivity index (χ4n) is 2.80. The summed E-state index contributed by atoms with van der Waals surface area (Å²) in [5.41, 5.74) is 0. The van der Waals surface area contributed by atoms with E-state index in [0.29, 0.717) is 0 Å². The zero-order valence-electron chi connectivity index (χ0n) is 10.8. The summed E-state index contributed by atoms with van der Waals surface area (Å²) in [7, 11) is -0.388. The Morgan fingerprint density at radius 3 is 2.20 bits per heavy atom. The number of benzene rings is 3. The molecule has 0 fully saturated rings. The molecule has 0 bridgehead atoms. The van der Waals surface area contributed by atoms with Crippen molar-refractivity contribution in [2.75, 3.05) is 0 Å². The molecule has 0 N–H and O–H groups in total. The highest BCUT2D eigenvalue weighted by Crippen LogP contribution is 2.54. The molecular weight excluding hydrogens is 374 g/mol. The maximum absolute atomic E-state index is 2.40. The Hall–Kier alpha value is -1.31. The van der Waals surface area contributed by atoms with Gasteiger partial charge in [-0.1, -0.05) is 62.1 Å². The van der Waals surface area contributed by atoms with Crippen LogP contribution < -0.4 is 0 Å². The summed E-state index contributed by atoms with van der Waals surface area (Å²) in [5.74, 6) is 0. The second-order valence-electron chi connectivity index (χ2n) is 4.85. The molecule has 0 radical (unpaired) electrons. The number of halogens is 1. The molecule has 0 spiro atoms. The first kappa shape index (κ1) is 12.4. The number of fused-ring (bicyclic) bond motifs is 3. The van der Waals surface area contributed by atoms with Gasteiger partial charge in [-0.2, -0.15) is 0 Å². The SMILES string of the molecule is Ic1ccc2c(c1)c1ccccc1p2-c1ccccc1. The quantitative estimate of drug-likeness (QED) is 0.325. The Balaban J connectivity index is 2.22. The summed E-state index contributed by atoms with van der Waals surface area (Å²) in [6.45, 7) is 0. The van der Waals surface area contributed by atoms with Crippen LogP contribution in [0.2, 0.25) is 0 Å². The molecule has 3 aromatic carbocycles. The summed E-state index contributed by atoms with van der Waals surface area (Å²) >= 11 is 2.40. The normalized spacial score (nSPS) is 12.2. The minimum atomic E-state index is -0.388. The molecule has 96 valence electrons. The topological polar surface area (TPSA) is 0 Å². The first-order valence-corrected chi connectivity index (χ1v) is 9.01. The molecule has 1 unspecified atom stereocenters. The molecular formula is C18H12IP. The molecule has 0 saturated heterocycles. The fourth-order valence-corrected chi connectivity index (χ4v) is 5.90. The van der Waals surface area contributed by atoms with Gasteiger partial charge < -0.3 is 0 Å². The molecule has 0 nitrogen and oxygen atoms in total. The number of rotatable bonds is 1. The van der Waals surface area contributed by atoms with E-state index in [1.807, 2.05) is 0 Å². The summed E-state index contributed by atoms with van der Waals surface area (Å²) in [5, 5.41) is 7.26. The van der Waals surface area contributed by atoms with Crippen molar-refractivity contribution in [2.45, 2.75) is 0 Å². The van der Waals surface area contributed by atoms with Crippen LogP contribution in [-0.2, 0) is 0 Å². The average molecular weight is 386 g/mol. The van der Waals surface area contributed by atoms with Gasteiger partial charge in [-0.05, 0) is 56.9 Å². The molecule has 0 aliphatic heterocycles. The molecule has 4 rings (SSSR count). The molecule has 4 aromatic rings. The van der Waals surface area contributed by atoms with Gasteiger partial charge in [0.1, 0.15) is 0 Å². The van der Waals surface area contributed by atoms with Gasteiger partial charge in [0.25, 0.3) is 0 Å². The standard InChI is InChI=1S/C18H12IP/c19-13-10-11-18-16(12-13)15-8-4-5-9-17(15)20(18)14-6-2-1-3-7-14/h1-12H.